The van der Waals surface area contributed by atoms with Gasteiger partial charge in [-0.1, -0.05) is 32.1 Å². The predicted octanol–water partition coefficient (Wildman–Crippen LogP) is 5.87. The molecule has 0 bridgehead atoms. The summed E-state index contributed by atoms with van der Waals surface area (Å²) >= 11 is 8.73. The third-order valence-corrected chi connectivity index (χ3v) is 8.62. The lowest BCUT2D eigenvalue weighted by Crippen LogP contribution is -2.42. The van der Waals surface area contributed by atoms with E-state index in [0.717, 1.165) is 36.9 Å². The Hall–Kier alpha value is 0.110. The summed E-state index contributed by atoms with van der Waals surface area (Å²) in [5.41, 5.74) is 0. The minimum atomic E-state index is 0.203. The number of amides is 1. The number of likely N-dealkylation sites (tertiary alicyclic amines) is 1. The third-order valence-electron chi connectivity index (χ3n) is 6.51. The Kier molecular flexibility index (Phi) is 8.30. The van der Waals surface area contributed by atoms with Gasteiger partial charge in [-0.15, -0.1) is 11.6 Å². The highest BCUT2D eigenvalue weighted by Gasteiger charge is 2.32. The molecule has 2 unspecified atom stereocenters. The molecule has 4 heteroatoms. The Morgan fingerprint density at radius 2 is 1.56 bits per heavy atom. The Morgan fingerprint density at radius 3 is 2.28 bits per heavy atom. The number of carbonyl (C=O) groups is 1. The molecule has 3 fully saturated rings. The van der Waals surface area contributed by atoms with Crippen LogP contribution in [0.2, 0.25) is 0 Å². The lowest BCUT2D eigenvalue weighted by Gasteiger charge is -2.35. The number of piperidine rings is 1. The summed E-state index contributed by atoms with van der Waals surface area (Å²) in [6.45, 7) is 1.97. The topological polar surface area (TPSA) is 20.3 Å². The van der Waals surface area contributed by atoms with Crippen LogP contribution in [-0.4, -0.2) is 40.3 Å². The first-order valence-corrected chi connectivity index (χ1v) is 12.3. The second-order valence-electron chi connectivity index (χ2n) is 8.47. The zero-order chi connectivity index (χ0) is 17.5. The van der Waals surface area contributed by atoms with E-state index in [-0.39, 0.29) is 5.92 Å². The molecular weight excluding hydrogens is 350 g/mol. The highest BCUT2D eigenvalue weighted by molar-refractivity contribution is 7.99. The van der Waals surface area contributed by atoms with Gasteiger partial charge in [-0.3, -0.25) is 4.79 Å². The van der Waals surface area contributed by atoms with E-state index in [1.807, 2.05) is 0 Å². The van der Waals surface area contributed by atoms with Gasteiger partial charge in [0.25, 0.3) is 0 Å². The van der Waals surface area contributed by atoms with Gasteiger partial charge in [0.05, 0.1) is 0 Å². The van der Waals surface area contributed by atoms with Gasteiger partial charge >= 0.3 is 0 Å². The monoisotopic (exact) mass is 385 g/mol. The molecule has 3 atom stereocenters. The number of nitrogens with zero attached hydrogens (tertiary/aromatic N) is 1. The zero-order valence-electron chi connectivity index (χ0n) is 15.8. The third kappa shape index (κ3) is 6.06. The van der Waals surface area contributed by atoms with Crippen molar-refractivity contribution in [3.05, 3.63) is 0 Å². The van der Waals surface area contributed by atoms with Crippen LogP contribution in [0.25, 0.3) is 0 Å². The number of carbonyl (C=O) groups excluding carboxylic acids is 1. The minimum absolute atomic E-state index is 0.203. The van der Waals surface area contributed by atoms with Crippen molar-refractivity contribution >= 4 is 29.3 Å². The van der Waals surface area contributed by atoms with Crippen molar-refractivity contribution in [1.82, 2.24) is 4.90 Å². The molecule has 0 radical (unpaired) electrons. The molecule has 3 rings (SSSR count). The van der Waals surface area contributed by atoms with Crippen LogP contribution < -0.4 is 0 Å². The molecule has 2 saturated carbocycles. The summed E-state index contributed by atoms with van der Waals surface area (Å²) in [7, 11) is 0. The largest absolute Gasteiger partial charge is 0.342 e. The number of hydrogen-bond donors (Lipinski definition) is 0. The number of rotatable bonds is 6. The van der Waals surface area contributed by atoms with Gasteiger partial charge in [-0.25, -0.2) is 0 Å². The number of halogens is 1. The predicted molar refractivity (Wildman–Crippen MR) is 109 cm³/mol. The smallest absolute Gasteiger partial charge is 0.226 e. The summed E-state index contributed by atoms with van der Waals surface area (Å²) < 4.78 is 0. The van der Waals surface area contributed by atoms with Crippen molar-refractivity contribution in [2.75, 3.05) is 18.8 Å². The summed E-state index contributed by atoms with van der Waals surface area (Å²) in [5.74, 6) is 2.23. The summed E-state index contributed by atoms with van der Waals surface area (Å²) in [5, 5.41) is 1.09. The average Bonchev–Trinajstić information content (AvgIpc) is 2.67. The minimum Gasteiger partial charge on any atom is -0.342 e. The molecule has 2 nitrogen and oxygen atoms in total. The Balaban J connectivity index is 1.58. The molecule has 0 spiro atoms. The van der Waals surface area contributed by atoms with Crippen LogP contribution in [0.5, 0.6) is 0 Å². The molecule has 2 aliphatic carbocycles. The van der Waals surface area contributed by atoms with Gasteiger partial charge < -0.3 is 4.90 Å². The number of alkyl halides is 1. The van der Waals surface area contributed by atoms with Crippen LogP contribution in [0.4, 0.5) is 0 Å². The molecule has 3 aliphatic rings. The van der Waals surface area contributed by atoms with Gasteiger partial charge in [-0.2, -0.15) is 11.8 Å². The zero-order valence-corrected chi connectivity index (χ0v) is 17.3. The maximum atomic E-state index is 13.2. The molecular formula is C21H36ClNOS. The highest BCUT2D eigenvalue weighted by Crippen LogP contribution is 2.36. The Morgan fingerprint density at radius 1 is 0.920 bits per heavy atom. The van der Waals surface area contributed by atoms with E-state index >= 15 is 0 Å². The van der Waals surface area contributed by atoms with Crippen molar-refractivity contribution in [2.45, 2.75) is 94.1 Å². The molecule has 0 aromatic carbocycles. The van der Waals surface area contributed by atoms with Crippen LogP contribution >= 0.6 is 23.4 Å². The maximum Gasteiger partial charge on any atom is 0.226 e. The molecule has 1 aliphatic heterocycles. The van der Waals surface area contributed by atoms with E-state index in [0.29, 0.717) is 17.2 Å². The molecule has 0 N–H and O–H groups in total. The van der Waals surface area contributed by atoms with Crippen LogP contribution in [0.15, 0.2) is 0 Å². The molecule has 1 saturated heterocycles. The van der Waals surface area contributed by atoms with E-state index in [1.54, 1.807) is 0 Å². The van der Waals surface area contributed by atoms with Crippen LogP contribution in [0, 0.1) is 11.8 Å². The van der Waals surface area contributed by atoms with Crippen molar-refractivity contribution in [3.63, 3.8) is 0 Å². The quantitative estimate of drug-likeness (QED) is 0.533. The van der Waals surface area contributed by atoms with E-state index < -0.39 is 0 Å². The van der Waals surface area contributed by atoms with Gasteiger partial charge in [-0.05, 0) is 57.3 Å². The van der Waals surface area contributed by atoms with Crippen LogP contribution in [0.3, 0.4) is 0 Å². The second kappa shape index (κ2) is 10.4. The fraction of sp³-hybridized carbons (Fsp3) is 0.952. The lowest BCUT2D eigenvalue weighted by atomic mass is 9.82. The molecule has 144 valence electrons. The average molecular weight is 386 g/mol. The van der Waals surface area contributed by atoms with Crippen molar-refractivity contribution in [3.8, 4) is 0 Å². The van der Waals surface area contributed by atoms with Crippen molar-refractivity contribution < 1.29 is 4.79 Å². The van der Waals surface area contributed by atoms with Gasteiger partial charge in [0.15, 0.2) is 0 Å². The van der Waals surface area contributed by atoms with Crippen LogP contribution in [-0.2, 0) is 4.79 Å². The van der Waals surface area contributed by atoms with Gasteiger partial charge in [0, 0.05) is 35.4 Å². The van der Waals surface area contributed by atoms with Gasteiger partial charge in [0.2, 0.25) is 5.91 Å². The SMILES string of the molecule is O=C([C@@H](CSC1CCCCC1)CC1CCCCC1Cl)N1CCCCC1. The fourth-order valence-electron chi connectivity index (χ4n) is 4.89. The Labute approximate surface area is 163 Å². The van der Waals surface area contributed by atoms with Gasteiger partial charge in [0.1, 0.15) is 0 Å². The first-order valence-electron chi connectivity index (χ1n) is 10.8. The van der Waals surface area contributed by atoms with E-state index in [4.69, 9.17) is 11.6 Å². The summed E-state index contributed by atoms with van der Waals surface area (Å²) in [6, 6.07) is 0. The first kappa shape index (κ1) is 19.9. The number of hydrogen-bond acceptors (Lipinski definition) is 2. The maximum absolute atomic E-state index is 13.2. The highest BCUT2D eigenvalue weighted by atomic mass is 35.5. The number of thioether (sulfide) groups is 1. The van der Waals surface area contributed by atoms with E-state index in [9.17, 15) is 4.79 Å². The van der Waals surface area contributed by atoms with Crippen molar-refractivity contribution in [1.29, 1.82) is 0 Å². The molecule has 0 aromatic heterocycles. The standard InChI is InChI=1S/C21H36ClNOS/c22-20-12-6-5-9-17(20)15-18(16-25-19-10-3-1-4-11-19)21(24)23-13-7-2-8-14-23/h17-20H,1-16H2/t17?,18-,20?/m1/s1. The second-order valence-corrected chi connectivity index (χ2v) is 10.4. The lowest BCUT2D eigenvalue weighted by molar-refractivity contribution is -0.136. The molecule has 1 heterocycles. The van der Waals surface area contributed by atoms with Crippen LogP contribution in [0.1, 0.15) is 83.5 Å². The summed E-state index contributed by atoms with van der Waals surface area (Å²) in [4.78, 5) is 15.4. The first-order chi connectivity index (χ1) is 12.2. The molecule has 0 aromatic rings. The molecule has 25 heavy (non-hydrogen) atoms. The van der Waals surface area contributed by atoms with E-state index in [1.165, 1.54) is 70.6 Å². The molecule has 1 amide bonds. The van der Waals surface area contributed by atoms with E-state index in [2.05, 4.69) is 16.7 Å². The normalized spacial score (nSPS) is 30.2. The van der Waals surface area contributed by atoms with Crippen molar-refractivity contribution in [2.24, 2.45) is 11.8 Å². The Bertz CT molecular complexity index is 407. The summed E-state index contributed by atoms with van der Waals surface area (Å²) in [6.07, 6.45) is 16.5. The fourth-order valence-corrected chi connectivity index (χ4v) is 6.72.